The molecule has 0 amide bonds. The molecular weight excluding hydrogens is 256 g/mol. The topological polar surface area (TPSA) is 29.3 Å². The van der Waals surface area contributed by atoms with Crippen LogP contribution in [-0.2, 0) is 12.0 Å². The number of benzene rings is 1. The number of nitrogens with two attached hydrogens (primary N) is 1. The Hall–Kier alpha value is -0.860. The lowest BCUT2D eigenvalue weighted by atomic mass is 9.83. The normalized spacial score (nSPS) is 18.2. The highest BCUT2D eigenvalue weighted by Gasteiger charge is 2.20. The first-order valence-electron chi connectivity index (χ1n) is 8.34. The van der Waals surface area contributed by atoms with E-state index in [1.54, 1.807) is 0 Å². The molecule has 1 heterocycles. The van der Waals surface area contributed by atoms with Crippen molar-refractivity contribution < 1.29 is 0 Å². The molecule has 0 unspecified atom stereocenters. The van der Waals surface area contributed by atoms with E-state index >= 15 is 0 Å². The second-order valence-electron chi connectivity index (χ2n) is 7.79. The molecule has 1 aliphatic heterocycles. The van der Waals surface area contributed by atoms with Crippen molar-refractivity contribution in [2.24, 2.45) is 11.7 Å². The average molecular weight is 288 g/mol. The van der Waals surface area contributed by atoms with Crippen molar-refractivity contribution in [3.05, 3.63) is 34.4 Å². The van der Waals surface area contributed by atoms with Crippen LogP contribution in [0.2, 0.25) is 0 Å². The van der Waals surface area contributed by atoms with E-state index < -0.39 is 0 Å². The molecule has 21 heavy (non-hydrogen) atoms. The van der Waals surface area contributed by atoms with Crippen LogP contribution in [0.15, 0.2) is 12.1 Å². The molecule has 1 aromatic carbocycles. The smallest absolute Gasteiger partial charge is 0.0238 e. The van der Waals surface area contributed by atoms with E-state index in [0.717, 1.165) is 19.0 Å². The van der Waals surface area contributed by atoms with E-state index in [-0.39, 0.29) is 5.41 Å². The molecule has 0 aromatic heterocycles. The van der Waals surface area contributed by atoms with Gasteiger partial charge < -0.3 is 5.73 Å². The van der Waals surface area contributed by atoms with Crippen LogP contribution in [-0.4, -0.2) is 24.5 Å². The van der Waals surface area contributed by atoms with Gasteiger partial charge in [0.1, 0.15) is 0 Å². The molecule has 1 aromatic rings. The molecule has 1 fully saturated rings. The molecular formula is C19H32N2. The molecule has 1 saturated heterocycles. The highest BCUT2D eigenvalue weighted by molar-refractivity contribution is 5.40. The lowest BCUT2D eigenvalue weighted by Gasteiger charge is -2.32. The van der Waals surface area contributed by atoms with Gasteiger partial charge in [0, 0.05) is 6.54 Å². The fourth-order valence-corrected chi connectivity index (χ4v) is 3.28. The average Bonchev–Trinajstić information content (AvgIpc) is 2.42. The minimum Gasteiger partial charge on any atom is -0.330 e. The molecule has 2 N–H and O–H groups in total. The van der Waals surface area contributed by atoms with Crippen LogP contribution < -0.4 is 5.73 Å². The Morgan fingerprint density at radius 1 is 1.10 bits per heavy atom. The van der Waals surface area contributed by atoms with Crippen LogP contribution in [0.25, 0.3) is 0 Å². The van der Waals surface area contributed by atoms with Crippen molar-refractivity contribution in [2.45, 2.75) is 59.4 Å². The number of nitrogens with zero attached hydrogens (tertiary/aromatic N) is 1. The van der Waals surface area contributed by atoms with Crippen LogP contribution in [0.1, 0.15) is 55.9 Å². The lowest BCUT2D eigenvalue weighted by molar-refractivity contribution is 0.180. The number of piperidine rings is 1. The minimum atomic E-state index is 0.230. The van der Waals surface area contributed by atoms with Crippen molar-refractivity contribution in [3.8, 4) is 0 Å². The Balaban J connectivity index is 2.11. The van der Waals surface area contributed by atoms with Crippen molar-refractivity contribution in [2.75, 3.05) is 19.6 Å². The van der Waals surface area contributed by atoms with Crippen LogP contribution in [0.4, 0.5) is 0 Å². The third kappa shape index (κ3) is 4.08. The number of hydrogen-bond acceptors (Lipinski definition) is 2. The van der Waals surface area contributed by atoms with Gasteiger partial charge in [0.15, 0.2) is 0 Å². The van der Waals surface area contributed by atoms with Gasteiger partial charge in [-0.3, -0.25) is 4.90 Å². The summed E-state index contributed by atoms with van der Waals surface area (Å²) in [5.74, 6) is 0.742. The number of aryl methyl sites for hydroxylation is 2. The van der Waals surface area contributed by atoms with Gasteiger partial charge in [-0.15, -0.1) is 0 Å². The van der Waals surface area contributed by atoms with E-state index in [0.29, 0.717) is 0 Å². The summed E-state index contributed by atoms with van der Waals surface area (Å²) in [6.07, 6.45) is 2.52. The van der Waals surface area contributed by atoms with Crippen LogP contribution >= 0.6 is 0 Å². The summed E-state index contributed by atoms with van der Waals surface area (Å²) in [5, 5.41) is 0. The summed E-state index contributed by atoms with van der Waals surface area (Å²) in [4.78, 5) is 2.60. The minimum absolute atomic E-state index is 0.230. The maximum Gasteiger partial charge on any atom is 0.0238 e. The molecule has 0 bridgehead atoms. The molecule has 0 aliphatic carbocycles. The lowest BCUT2D eigenvalue weighted by Crippen LogP contribution is -2.36. The molecule has 1 aliphatic rings. The van der Waals surface area contributed by atoms with Gasteiger partial charge in [-0.25, -0.2) is 0 Å². The molecule has 2 heteroatoms. The molecule has 118 valence electrons. The van der Waals surface area contributed by atoms with Gasteiger partial charge in [-0.2, -0.15) is 0 Å². The number of hydrogen-bond donors (Lipinski definition) is 1. The number of likely N-dealkylation sites (tertiary alicyclic amines) is 1. The van der Waals surface area contributed by atoms with Gasteiger partial charge in [0.25, 0.3) is 0 Å². The Morgan fingerprint density at radius 3 is 2.05 bits per heavy atom. The third-order valence-corrected chi connectivity index (χ3v) is 4.98. The summed E-state index contributed by atoms with van der Waals surface area (Å²) >= 11 is 0. The van der Waals surface area contributed by atoms with E-state index in [4.69, 9.17) is 5.73 Å². The highest BCUT2D eigenvalue weighted by atomic mass is 15.1. The standard InChI is InChI=1S/C19H32N2/c1-14-10-17(19(3,4)5)11-15(2)18(14)13-21-8-6-16(12-20)7-9-21/h10-11,16H,6-9,12-13,20H2,1-5H3. The molecule has 0 spiro atoms. The van der Waals surface area contributed by atoms with Crippen molar-refractivity contribution >= 4 is 0 Å². The van der Waals surface area contributed by atoms with Crippen LogP contribution in [0.3, 0.4) is 0 Å². The predicted molar refractivity (Wildman–Crippen MR) is 91.7 cm³/mol. The molecule has 0 atom stereocenters. The first-order valence-corrected chi connectivity index (χ1v) is 8.34. The zero-order valence-corrected chi connectivity index (χ0v) is 14.5. The zero-order valence-electron chi connectivity index (χ0n) is 14.5. The van der Waals surface area contributed by atoms with Gasteiger partial charge in [0.05, 0.1) is 0 Å². The summed E-state index contributed by atoms with van der Waals surface area (Å²) in [5.41, 5.74) is 11.9. The third-order valence-electron chi connectivity index (χ3n) is 4.98. The summed E-state index contributed by atoms with van der Waals surface area (Å²) in [7, 11) is 0. The first kappa shape index (κ1) is 16.5. The second-order valence-corrected chi connectivity index (χ2v) is 7.79. The molecule has 2 rings (SSSR count). The zero-order chi connectivity index (χ0) is 15.6. The first-order chi connectivity index (χ1) is 9.81. The van der Waals surface area contributed by atoms with Gasteiger partial charge in [0.2, 0.25) is 0 Å². The Bertz CT molecular complexity index is 454. The fraction of sp³-hybridized carbons (Fsp3) is 0.684. The summed E-state index contributed by atoms with van der Waals surface area (Å²) in [6, 6.07) is 4.77. The predicted octanol–water partition coefficient (Wildman–Crippen LogP) is 3.77. The summed E-state index contributed by atoms with van der Waals surface area (Å²) < 4.78 is 0. The monoisotopic (exact) mass is 288 g/mol. The van der Waals surface area contributed by atoms with Crippen LogP contribution in [0.5, 0.6) is 0 Å². The van der Waals surface area contributed by atoms with Crippen molar-refractivity contribution in [1.82, 2.24) is 4.90 Å². The maximum atomic E-state index is 5.79. The van der Waals surface area contributed by atoms with Crippen molar-refractivity contribution in [1.29, 1.82) is 0 Å². The van der Waals surface area contributed by atoms with E-state index in [9.17, 15) is 0 Å². The number of rotatable bonds is 3. The van der Waals surface area contributed by atoms with Crippen molar-refractivity contribution in [3.63, 3.8) is 0 Å². The quantitative estimate of drug-likeness (QED) is 0.917. The van der Waals surface area contributed by atoms with Gasteiger partial charge >= 0.3 is 0 Å². The largest absolute Gasteiger partial charge is 0.330 e. The van der Waals surface area contributed by atoms with E-state index in [2.05, 4.69) is 51.7 Å². The molecule has 2 nitrogen and oxygen atoms in total. The van der Waals surface area contributed by atoms with E-state index in [1.165, 1.54) is 48.2 Å². The molecule has 0 saturated carbocycles. The van der Waals surface area contributed by atoms with Gasteiger partial charge in [-0.1, -0.05) is 32.9 Å². The highest BCUT2D eigenvalue weighted by Crippen LogP contribution is 2.28. The summed E-state index contributed by atoms with van der Waals surface area (Å²) in [6.45, 7) is 15.7. The van der Waals surface area contributed by atoms with Crippen LogP contribution in [0, 0.1) is 19.8 Å². The second kappa shape index (κ2) is 6.50. The Morgan fingerprint density at radius 2 is 1.62 bits per heavy atom. The Labute approximate surface area is 130 Å². The fourth-order valence-electron chi connectivity index (χ4n) is 3.28. The maximum absolute atomic E-state index is 5.79. The van der Waals surface area contributed by atoms with Gasteiger partial charge in [-0.05, 0) is 79.9 Å². The molecule has 0 radical (unpaired) electrons. The SMILES string of the molecule is Cc1cc(C(C)(C)C)cc(C)c1CN1CCC(CN)CC1. The van der Waals surface area contributed by atoms with E-state index in [1.807, 2.05) is 0 Å². The Kier molecular flexibility index (Phi) is 5.11.